The highest BCUT2D eigenvalue weighted by Gasteiger charge is 2.11. The Morgan fingerprint density at radius 3 is 2.73 bits per heavy atom. The Bertz CT molecular complexity index is 867. The van der Waals surface area contributed by atoms with Crippen molar-refractivity contribution in [2.75, 3.05) is 0 Å². The van der Waals surface area contributed by atoms with E-state index < -0.39 is 5.97 Å². The molecule has 0 fully saturated rings. The highest BCUT2D eigenvalue weighted by atomic mass is 16.4. The molecule has 0 saturated heterocycles. The van der Waals surface area contributed by atoms with Crippen molar-refractivity contribution in [3.8, 4) is 5.69 Å². The maximum Gasteiger partial charge on any atom is 0.303 e. The number of aromatic nitrogens is 4. The lowest BCUT2D eigenvalue weighted by molar-refractivity contribution is -0.137. The average molecular weight is 298 g/mol. The van der Waals surface area contributed by atoms with Crippen LogP contribution in [0, 0.1) is 0 Å². The molecule has 1 N–H and O–H groups in total. The van der Waals surface area contributed by atoms with E-state index in [-0.39, 0.29) is 12.0 Å². The van der Waals surface area contributed by atoms with Crippen LogP contribution >= 0.6 is 0 Å². The highest BCUT2D eigenvalue weighted by Crippen LogP contribution is 2.13. The Morgan fingerprint density at radius 1 is 1.23 bits per heavy atom. The first kappa shape index (κ1) is 14.0. The van der Waals surface area contributed by atoms with Gasteiger partial charge >= 0.3 is 5.97 Å². The Balaban J connectivity index is 1.96. The Labute approximate surface area is 125 Å². The van der Waals surface area contributed by atoms with Gasteiger partial charge in [0.05, 0.1) is 18.2 Å². The molecule has 3 aromatic rings. The zero-order valence-corrected chi connectivity index (χ0v) is 11.7. The number of nitrogens with zero attached hydrogens (tertiary/aromatic N) is 4. The fourth-order valence-electron chi connectivity index (χ4n) is 2.27. The fraction of sp³-hybridized carbons (Fsp3) is 0.200. The van der Waals surface area contributed by atoms with Gasteiger partial charge in [-0.05, 0) is 18.6 Å². The number of aliphatic carboxylic acids is 1. The lowest BCUT2D eigenvalue weighted by atomic mass is 10.3. The van der Waals surface area contributed by atoms with Crippen molar-refractivity contribution in [2.24, 2.45) is 0 Å². The number of carbonyl (C=O) groups is 1. The quantitative estimate of drug-likeness (QED) is 0.770. The SMILES string of the molecule is O=C(O)CCCn1cnc2c(cnn2-c2ccccc2)c1=O. The van der Waals surface area contributed by atoms with Crippen molar-refractivity contribution in [3.05, 3.63) is 53.2 Å². The van der Waals surface area contributed by atoms with Gasteiger partial charge in [0.15, 0.2) is 5.65 Å². The summed E-state index contributed by atoms with van der Waals surface area (Å²) in [6.07, 6.45) is 3.34. The number of hydrogen-bond acceptors (Lipinski definition) is 4. The molecule has 7 nitrogen and oxygen atoms in total. The molecule has 0 bridgehead atoms. The van der Waals surface area contributed by atoms with Crippen LogP contribution in [0.4, 0.5) is 0 Å². The molecule has 3 rings (SSSR count). The topological polar surface area (TPSA) is 90.0 Å². The molecule has 0 amide bonds. The number of carboxylic acids is 1. The molecule has 0 aliphatic carbocycles. The minimum Gasteiger partial charge on any atom is -0.481 e. The zero-order valence-electron chi connectivity index (χ0n) is 11.7. The maximum absolute atomic E-state index is 12.4. The highest BCUT2D eigenvalue weighted by molar-refractivity contribution is 5.74. The molecular formula is C15H14N4O3. The van der Waals surface area contributed by atoms with Crippen LogP contribution in [0.25, 0.3) is 16.7 Å². The number of fused-ring (bicyclic) bond motifs is 1. The molecule has 0 atom stereocenters. The van der Waals surface area contributed by atoms with Crippen LogP contribution in [0.1, 0.15) is 12.8 Å². The maximum atomic E-state index is 12.4. The summed E-state index contributed by atoms with van der Waals surface area (Å²) >= 11 is 0. The third kappa shape index (κ3) is 2.60. The van der Waals surface area contributed by atoms with Crippen LogP contribution in [-0.4, -0.2) is 30.4 Å². The van der Waals surface area contributed by atoms with E-state index in [1.807, 2.05) is 30.3 Å². The van der Waals surface area contributed by atoms with E-state index in [4.69, 9.17) is 5.11 Å². The molecule has 112 valence electrons. The molecule has 7 heteroatoms. The van der Waals surface area contributed by atoms with Gasteiger partial charge in [0.1, 0.15) is 5.39 Å². The summed E-state index contributed by atoms with van der Waals surface area (Å²) in [6, 6.07) is 9.43. The smallest absolute Gasteiger partial charge is 0.303 e. The summed E-state index contributed by atoms with van der Waals surface area (Å²) in [7, 11) is 0. The molecule has 0 aliphatic heterocycles. The van der Waals surface area contributed by atoms with E-state index in [0.717, 1.165) is 5.69 Å². The minimum atomic E-state index is -0.876. The van der Waals surface area contributed by atoms with Gasteiger partial charge in [0.2, 0.25) is 0 Å². The van der Waals surface area contributed by atoms with Crippen molar-refractivity contribution in [3.63, 3.8) is 0 Å². The summed E-state index contributed by atoms with van der Waals surface area (Å²) in [6.45, 7) is 0.324. The normalized spacial score (nSPS) is 10.9. The molecule has 2 aromatic heterocycles. The van der Waals surface area contributed by atoms with Gasteiger partial charge in [-0.3, -0.25) is 14.2 Å². The second-order valence-electron chi connectivity index (χ2n) is 4.87. The van der Waals surface area contributed by atoms with Gasteiger partial charge in [-0.25, -0.2) is 9.67 Å². The molecule has 0 saturated carbocycles. The molecule has 0 unspecified atom stereocenters. The summed E-state index contributed by atoms with van der Waals surface area (Å²) in [5.74, 6) is -0.876. The number of aryl methyl sites for hydroxylation is 1. The van der Waals surface area contributed by atoms with Crippen molar-refractivity contribution < 1.29 is 9.90 Å². The Morgan fingerprint density at radius 2 is 2.00 bits per heavy atom. The second kappa shape index (κ2) is 5.80. The Kier molecular flexibility index (Phi) is 3.69. The summed E-state index contributed by atoms with van der Waals surface area (Å²) in [4.78, 5) is 27.2. The average Bonchev–Trinajstić information content (AvgIpc) is 2.95. The zero-order chi connectivity index (χ0) is 15.5. The third-order valence-corrected chi connectivity index (χ3v) is 3.34. The van der Waals surface area contributed by atoms with Crippen LogP contribution in [0.15, 0.2) is 47.7 Å². The van der Waals surface area contributed by atoms with Gasteiger partial charge in [-0.2, -0.15) is 5.10 Å². The predicted octanol–water partition coefficient (Wildman–Crippen LogP) is 1.45. The fourth-order valence-corrected chi connectivity index (χ4v) is 2.27. The van der Waals surface area contributed by atoms with Crippen LogP contribution in [0.2, 0.25) is 0 Å². The summed E-state index contributed by atoms with van der Waals surface area (Å²) < 4.78 is 3.03. The van der Waals surface area contributed by atoms with Gasteiger partial charge in [0.25, 0.3) is 5.56 Å². The van der Waals surface area contributed by atoms with Crippen molar-refractivity contribution in [2.45, 2.75) is 19.4 Å². The Hall–Kier alpha value is -2.96. The van der Waals surface area contributed by atoms with E-state index in [9.17, 15) is 9.59 Å². The molecule has 0 aliphatic rings. The molecule has 1 aromatic carbocycles. The first-order chi connectivity index (χ1) is 10.7. The summed E-state index contributed by atoms with van der Waals surface area (Å²) in [5.41, 5.74) is 1.11. The summed E-state index contributed by atoms with van der Waals surface area (Å²) in [5, 5.41) is 13.3. The van der Waals surface area contributed by atoms with Gasteiger partial charge < -0.3 is 5.11 Å². The van der Waals surface area contributed by atoms with Crippen molar-refractivity contribution >= 4 is 17.0 Å². The lowest BCUT2D eigenvalue weighted by Crippen LogP contribution is -2.21. The van der Waals surface area contributed by atoms with Gasteiger partial charge in [-0.15, -0.1) is 0 Å². The molecule has 0 radical (unpaired) electrons. The number of carboxylic acid groups (broad SMARTS) is 1. The molecular weight excluding hydrogens is 284 g/mol. The van der Waals surface area contributed by atoms with Gasteiger partial charge in [0, 0.05) is 13.0 Å². The second-order valence-corrected chi connectivity index (χ2v) is 4.87. The largest absolute Gasteiger partial charge is 0.481 e. The van der Waals surface area contributed by atoms with Crippen LogP contribution in [-0.2, 0) is 11.3 Å². The van der Waals surface area contributed by atoms with E-state index >= 15 is 0 Å². The van der Waals surface area contributed by atoms with Crippen LogP contribution in [0.5, 0.6) is 0 Å². The van der Waals surface area contributed by atoms with E-state index in [0.29, 0.717) is 24.0 Å². The van der Waals surface area contributed by atoms with Crippen molar-refractivity contribution in [1.29, 1.82) is 0 Å². The number of benzene rings is 1. The number of hydrogen-bond donors (Lipinski definition) is 1. The standard InChI is InChI=1S/C15H14N4O3/c20-13(21)7-4-8-18-10-16-14-12(15(18)22)9-17-19(14)11-5-2-1-3-6-11/h1-3,5-6,9-10H,4,7-8H2,(H,20,21). The predicted molar refractivity (Wildman–Crippen MR) is 80.0 cm³/mol. The number of rotatable bonds is 5. The van der Waals surface area contributed by atoms with Gasteiger partial charge in [-0.1, -0.05) is 18.2 Å². The van der Waals surface area contributed by atoms with E-state index in [1.165, 1.54) is 17.1 Å². The first-order valence-corrected chi connectivity index (χ1v) is 6.87. The van der Waals surface area contributed by atoms with Crippen LogP contribution < -0.4 is 5.56 Å². The van der Waals surface area contributed by atoms with Crippen molar-refractivity contribution in [1.82, 2.24) is 19.3 Å². The monoisotopic (exact) mass is 298 g/mol. The van der Waals surface area contributed by atoms with E-state index in [1.54, 1.807) is 4.68 Å². The molecule has 22 heavy (non-hydrogen) atoms. The number of para-hydroxylation sites is 1. The molecule has 2 heterocycles. The van der Waals surface area contributed by atoms with E-state index in [2.05, 4.69) is 10.1 Å². The first-order valence-electron chi connectivity index (χ1n) is 6.87. The minimum absolute atomic E-state index is 0.0216. The third-order valence-electron chi connectivity index (χ3n) is 3.34. The lowest BCUT2D eigenvalue weighted by Gasteiger charge is -2.05. The molecule has 0 spiro atoms. The van der Waals surface area contributed by atoms with Crippen LogP contribution in [0.3, 0.4) is 0 Å².